The van der Waals surface area contributed by atoms with Gasteiger partial charge in [0.15, 0.2) is 0 Å². The minimum absolute atomic E-state index is 0.114. The summed E-state index contributed by atoms with van der Waals surface area (Å²) in [5.74, 6) is -2.26. The van der Waals surface area contributed by atoms with Crippen molar-refractivity contribution >= 4 is 23.0 Å². The first-order chi connectivity index (χ1) is 24.3. The molecule has 2 unspecified atom stereocenters. The van der Waals surface area contributed by atoms with Crippen molar-refractivity contribution in [2.75, 3.05) is 16.8 Å². The molecule has 0 bridgehead atoms. The Hall–Kier alpha value is -6.03. The SMILES string of the molecule is CC(=O)NC(c1ccc(F)cc1)C(Nc1[c]ccc(F)c1-c1ccc(F)cc1N(CCc1ccc(F)cc1)c1ccncc1)c1ccncc1. The lowest BCUT2D eigenvalue weighted by atomic mass is 9.92. The standard InChI is InChI=1S/C40H32F4N5O/c1-26(50)47-39(28-7-11-31(42)12-8-28)40(29-15-20-45-21-16-29)48-36-4-2-3-35(44)38(36)34-14-13-32(43)25-37(34)49(33-17-22-46-23-18-33)24-19-27-5-9-30(41)10-6-27/h2-3,5-18,20-23,25,39-40,48H,19,24H2,1H3,(H,47,50). The van der Waals surface area contributed by atoms with Gasteiger partial charge in [-0.15, -0.1) is 0 Å². The zero-order valence-electron chi connectivity index (χ0n) is 27.0. The van der Waals surface area contributed by atoms with Crippen LogP contribution in [0, 0.1) is 29.3 Å². The summed E-state index contributed by atoms with van der Waals surface area (Å²) >= 11 is 0. The maximum Gasteiger partial charge on any atom is 0.217 e. The quantitative estimate of drug-likeness (QED) is 0.127. The third-order valence-electron chi connectivity index (χ3n) is 8.26. The molecule has 2 aromatic heterocycles. The fourth-order valence-electron chi connectivity index (χ4n) is 5.93. The first-order valence-electron chi connectivity index (χ1n) is 15.9. The average Bonchev–Trinajstić information content (AvgIpc) is 3.12. The van der Waals surface area contributed by atoms with Crippen LogP contribution in [0.15, 0.2) is 128 Å². The molecule has 6 aromatic rings. The van der Waals surface area contributed by atoms with E-state index in [0.29, 0.717) is 41.0 Å². The van der Waals surface area contributed by atoms with E-state index in [4.69, 9.17) is 0 Å². The van der Waals surface area contributed by atoms with Crippen molar-refractivity contribution in [3.05, 3.63) is 174 Å². The number of carbonyl (C=O) groups excluding carboxylic acids is 1. The van der Waals surface area contributed by atoms with Crippen LogP contribution in [0.1, 0.15) is 35.7 Å². The average molecular weight is 675 g/mol. The zero-order valence-corrected chi connectivity index (χ0v) is 27.0. The Balaban J connectivity index is 1.48. The Morgan fingerprint density at radius 1 is 0.740 bits per heavy atom. The van der Waals surface area contributed by atoms with Crippen molar-refractivity contribution in [3.8, 4) is 11.1 Å². The largest absolute Gasteiger partial charge is 0.375 e. The number of aromatic nitrogens is 2. The summed E-state index contributed by atoms with van der Waals surface area (Å²) in [5.41, 5.74) is 3.93. The second-order valence-electron chi connectivity index (χ2n) is 11.6. The number of halogens is 4. The van der Waals surface area contributed by atoms with Crippen LogP contribution in [-0.2, 0) is 11.2 Å². The molecule has 1 radical (unpaired) electrons. The van der Waals surface area contributed by atoms with Gasteiger partial charge in [0.05, 0.1) is 23.5 Å². The highest BCUT2D eigenvalue weighted by Crippen LogP contribution is 2.42. The van der Waals surface area contributed by atoms with Crippen LogP contribution in [-0.4, -0.2) is 22.4 Å². The van der Waals surface area contributed by atoms with Crippen molar-refractivity contribution in [1.82, 2.24) is 15.3 Å². The fraction of sp³-hybridized carbons (Fsp3) is 0.125. The number of benzene rings is 4. The second kappa shape index (κ2) is 15.5. The minimum Gasteiger partial charge on any atom is -0.375 e. The molecular weight excluding hydrogens is 642 g/mol. The third-order valence-corrected chi connectivity index (χ3v) is 8.26. The highest BCUT2D eigenvalue weighted by molar-refractivity contribution is 5.89. The van der Waals surface area contributed by atoms with E-state index < -0.39 is 29.5 Å². The summed E-state index contributed by atoms with van der Waals surface area (Å²) in [6, 6.07) is 27.5. The molecule has 6 rings (SSSR count). The lowest BCUT2D eigenvalue weighted by molar-refractivity contribution is -0.119. The molecule has 0 fully saturated rings. The highest BCUT2D eigenvalue weighted by Gasteiger charge is 2.29. The van der Waals surface area contributed by atoms with E-state index in [0.717, 1.165) is 5.56 Å². The highest BCUT2D eigenvalue weighted by atomic mass is 19.1. The summed E-state index contributed by atoms with van der Waals surface area (Å²) in [7, 11) is 0. The summed E-state index contributed by atoms with van der Waals surface area (Å²) < 4.78 is 59.1. The topological polar surface area (TPSA) is 70.2 Å². The Labute approximate surface area is 287 Å². The number of hydrogen-bond acceptors (Lipinski definition) is 5. The Kier molecular flexibility index (Phi) is 10.5. The molecule has 6 nitrogen and oxygen atoms in total. The predicted molar refractivity (Wildman–Crippen MR) is 186 cm³/mol. The molecule has 4 aromatic carbocycles. The molecule has 251 valence electrons. The van der Waals surface area contributed by atoms with E-state index >= 15 is 8.78 Å². The van der Waals surface area contributed by atoms with E-state index in [1.165, 1.54) is 61.5 Å². The van der Waals surface area contributed by atoms with Crippen molar-refractivity contribution in [2.24, 2.45) is 0 Å². The number of carbonyl (C=O) groups is 1. The van der Waals surface area contributed by atoms with Gasteiger partial charge in [-0.05, 0) is 102 Å². The van der Waals surface area contributed by atoms with Gasteiger partial charge in [0.2, 0.25) is 5.91 Å². The van der Waals surface area contributed by atoms with E-state index in [9.17, 15) is 13.6 Å². The molecule has 50 heavy (non-hydrogen) atoms. The maximum atomic E-state index is 16.3. The van der Waals surface area contributed by atoms with Gasteiger partial charge >= 0.3 is 0 Å². The van der Waals surface area contributed by atoms with Crippen LogP contribution >= 0.6 is 0 Å². The number of rotatable bonds is 12. The van der Waals surface area contributed by atoms with Crippen molar-refractivity contribution in [2.45, 2.75) is 25.4 Å². The molecule has 0 aliphatic rings. The van der Waals surface area contributed by atoms with Crippen LogP contribution in [0.5, 0.6) is 0 Å². The van der Waals surface area contributed by atoms with E-state index in [2.05, 4.69) is 26.7 Å². The summed E-state index contributed by atoms with van der Waals surface area (Å²) in [6.07, 6.45) is 6.89. The van der Waals surface area contributed by atoms with Gasteiger partial charge in [-0.25, -0.2) is 17.6 Å². The maximum absolute atomic E-state index is 16.3. The monoisotopic (exact) mass is 674 g/mol. The predicted octanol–water partition coefficient (Wildman–Crippen LogP) is 8.91. The number of amides is 1. The van der Waals surface area contributed by atoms with Crippen LogP contribution in [0.25, 0.3) is 11.1 Å². The normalized spacial score (nSPS) is 12.2. The lowest BCUT2D eigenvalue weighted by Crippen LogP contribution is -2.34. The van der Waals surface area contributed by atoms with Gasteiger partial charge < -0.3 is 15.5 Å². The number of pyridine rings is 2. The lowest BCUT2D eigenvalue weighted by Gasteiger charge is -2.32. The Morgan fingerprint density at radius 3 is 2.00 bits per heavy atom. The molecule has 0 saturated heterocycles. The number of nitrogens with one attached hydrogen (secondary N) is 2. The molecule has 2 atom stereocenters. The molecule has 0 aliphatic carbocycles. The third kappa shape index (κ3) is 7.98. The van der Waals surface area contributed by atoms with E-state index in [1.807, 2.05) is 4.90 Å². The Morgan fingerprint density at radius 2 is 1.34 bits per heavy atom. The molecule has 10 heteroatoms. The van der Waals surface area contributed by atoms with Crippen molar-refractivity contribution in [3.63, 3.8) is 0 Å². The van der Waals surface area contributed by atoms with Crippen LogP contribution in [0.2, 0.25) is 0 Å². The second-order valence-corrected chi connectivity index (χ2v) is 11.6. The van der Waals surface area contributed by atoms with Crippen LogP contribution in [0.3, 0.4) is 0 Å². The number of nitrogens with zero attached hydrogens (tertiary/aromatic N) is 3. The first kappa shape index (κ1) is 33.9. The van der Waals surface area contributed by atoms with E-state index in [1.54, 1.807) is 73.3 Å². The molecular formula is C40H32F4N5O. The van der Waals surface area contributed by atoms with Crippen molar-refractivity contribution < 1.29 is 22.4 Å². The molecule has 0 aliphatic heterocycles. The fourth-order valence-corrected chi connectivity index (χ4v) is 5.93. The molecule has 2 heterocycles. The zero-order chi connectivity index (χ0) is 35.0. The smallest absolute Gasteiger partial charge is 0.217 e. The number of hydrogen-bond donors (Lipinski definition) is 2. The number of anilines is 3. The van der Waals surface area contributed by atoms with Gasteiger partial charge in [0, 0.05) is 61.1 Å². The first-order valence-corrected chi connectivity index (χ1v) is 15.9. The minimum atomic E-state index is -0.739. The van der Waals surface area contributed by atoms with Crippen molar-refractivity contribution in [1.29, 1.82) is 0 Å². The van der Waals surface area contributed by atoms with Gasteiger partial charge in [-0.3, -0.25) is 14.8 Å². The van der Waals surface area contributed by atoms with Gasteiger partial charge in [0.1, 0.15) is 23.3 Å². The van der Waals surface area contributed by atoms with Crippen LogP contribution < -0.4 is 15.5 Å². The van der Waals surface area contributed by atoms with Gasteiger partial charge in [0.25, 0.3) is 0 Å². The molecule has 0 saturated carbocycles. The summed E-state index contributed by atoms with van der Waals surface area (Å²) in [4.78, 5) is 22.7. The molecule has 0 spiro atoms. The summed E-state index contributed by atoms with van der Waals surface area (Å²) in [5, 5.41) is 6.38. The molecule has 2 N–H and O–H groups in total. The van der Waals surface area contributed by atoms with E-state index in [-0.39, 0.29) is 23.0 Å². The summed E-state index contributed by atoms with van der Waals surface area (Å²) in [6.45, 7) is 1.71. The molecule has 1 amide bonds. The van der Waals surface area contributed by atoms with Crippen LogP contribution in [0.4, 0.5) is 34.6 Å². The Bertz CT molecular complexity index is 2050. The van der Waals surface area contributed by atoms with Gasteiger partial charge in [-0.2, -0.15) is 0 Å². The van der Waals surface area contributed by atoms with Gasteiger partial charge in [-0.1, -0.05) is 24.3 Å².